The highest BCUT2D eigenvalue weighted by Crippen LogP contribution is 2.17. The number of allylic oxidation sites excluding steroid dienone is 2. The van der Waals surface area contributed by atoms with Gasteiger partial charge in [-0.1, -0.05) is 51.5 Å². The molecule has 0 saturated carbocycles. The van der Waals surface area contributed by atoms with Crippen LogP contribution in [-0.2, 0) is 6.42 Å². The van der Waals surface area contributed by atoms with E-state index in [1.165, 1.54) is 12.8 Å². The Morgan fingerprint density at radius 1 is 1.17 bits per heavy atom. The molecule has 0 aromatic heterocycles. The molecule has 3 N–H and O–H groups in total. The van der Waals surface area contributed by atoms with Crippen LogP contribution in [0.25, 0.3) is 0 Å². The van der Waals surface area contributed by atoms with Crippen LogP contribution in [0.15, 0.2) is 36.4 Å². The maximum Gasteiger partial charge on any atom is 0.115 e. The van der Waals surface area contributed by atoms with E-state index in [9.17, 15) is 10.2 Å². The molecule has 3 heteroatoms. The van der Waals surface area contributed by atoms with Gasteiger partial charge in [0.1, 0.15) is 5.75 Å². The van der Waals surface area contributed by atoms with E-state index in [1.54, 1.807) is 12.1 Å². The predicted molar refractivity (Wildman–Crippen MR) is 102 cm³/mol. The molecule has 0 aliphatic heterocycles. The minimum Gasteiger partial charge on any atom is -0.508 e. The van der Waals surface area contributed by atoms with Crippen molar-refractivity contribution in [1.29, 1.82) is 0 Å². The van der Waals surface area contributed by atoms with Crippen molar-refractivity contribution in [2.24, 2.45) is 11.8 Å². The first kappa shape index (κ1) is 20.7. The Morgan fingerprint density at radius 3 is 2.42 bits per heavy atom. The Bertz CT molecular complexity index is 469. The van der Waals surface area contributed by atoms with Gasteiger partial charge in [0.2, 0.25) is 0 Å². The quantitative estimate of drug-likeness (QED) is 0.529. The van der Waals surface area contributed by atoms with Gasteiger partial charge in [0.15, 0.2) is 0 Å². The van der Waals surface area contributed by atoms with Crippen LogP contribution in [0.2, 0.25) is 0 Å². The van der Waals surface area contributed by atoms with E-state index in [2.05, 4.69) is 38.2 Å². The molecule has 0 unspecified atom stereocenters. The summed E-state index contributed by atoms with van der Waals surface area (Å²) >= 11 is 0. The van der Waals surface area contributed by atoms with Crippen LogP contribution in [0, 0.1) is 11.8 Å². The van der Waals surface area contributed by atoms with Crippen molar-refractivity contribution in [2.45, 2.75) is 65.0 Å². The van der Waals surface area contributed by atoms with Gasteiger partial charge in [0.25, 0.3) is 0 Å². The highest BCUT2D eigenvalue weighted by molar-refractivity contribution is 5.26. The van der Waals surface area contributed by atoms with Crippen molar-refractivity contribution >= 4 is 0 Å². The summed E-state index contributed by atoms with van der Waals surface area (Å²) < 4.78 is 0. The average Bonchev–Trinajstić information content (AvgIpc) is 2.57. The van der Waals surface area contributed by atoms with Crippen molar-refractivity contribution in [2.75, 3.05) is 7.05 Å². The summed E-state index contributed by atoms with van der Waals surface area (Å²) in [6.45, 7) is 6.80. The SMILES string of the molecule is CC[C@H](C)C[C@@H](C)C=CCC[C@@H](O)[C@@H](Cc1ccc(O)cc1)NC. The molecule has 136 valence electrons. The summed E-state index contributed by atoms with van der Waals surface area (Å²) in [5, 5.41) is 23.0. The molecule has 4 atom stereocenters. The van der Waals surface area contributed by atoms with Crippen LogP contribution < -0.4 is 5.32 Å². The van der Waals surface area contributed by atoms with E-state index in [1.807, 2.05) is 19.2 Å². The lowest BCUT2D eigenvalue weighted by Crippen LogP contribution is -2.39. The smallest absolute Gasteiger partial charge is 0.115 e. The number of aliphatic hydroxyl groups excluding tert-OH is 1. The summed E-state index contributed by atoms with van der Waals surface area (Å²) in [7, 11) is 1.89. The van der Waals surface area contributed by atoms with Gasteiger partial charge < -0.3 is 15.5 Å². The van der Waals surface area contributed by atoms with E-state index < -0.39 is 0 Å². The van der Waals surface area contributed by atoms with Crippen LogP contribution in [0.5, 0.6) is 5.75 Å². The molecule has 0 heterocycles. The van der Waals surface area contributed by atoms with Crippen molar-refractivity contribution in [3.05, 3.63) is 42.0 Å². The Kier molecular flexibility index (Phi) is 9.73. The Morgan fingerprint density at radius 2 is 1.83 bits per heavy atom. The molecule has 0 fully saturated rings. The van der Waals surface area contributed by atoms with E-state index in [4.69, 9.17) is 0 Å². The minimum absolute atomic E-state index is 0.0282. The number of hydrogen-bond donors (Lipinski definition) is 3. The van der Waals surface area contributed by atoms with Crippen molar-refractivity contribution in [3.8, 4) is 5.75 Å². The zero-order valence-electron chi connectivity index (χ0n) is 15.7. The molecular formula is C21H35NO2. The number of nitrogens with one attached hydrogen (secondary N) is 1. The highest BCUT2D eigenvalue weighted by atomic mass is 16.3. The van der Waals surface area contributed by atoms with Gasteiger partial charge in [0, 0.05) is 6.04 Å². The number of aliphatic hydroxyl groups is 1. The van der Waals surface area contributed by atoms with E-state index in [-0.39, 0.29) is 17.9 Å². The first-order valence-corrected chi connectivity index (χ1v) is 9.26. The number of hydrogen-bond acceptors (Lipinski definition) is 3. The van der Waals surface area contributed by atoms with Crippen LogP contribution in [0.4, 0.5) is 0 Å². The molecule has 1 rings (SSSR count). The van der Waals surface area contributed by atoms with Gasteiger partial charge in [-0.3, -0.25) is 0 Å². The van der Waals surface area contributed by atoms with Gasteiger partial charge in [-0.15, -0.1) is 0 Å². The van der Waals surface area contributed by atoms with E-state index >= 15 is 0 Å². The number of likely N-dealkylation sites (N-methyl/N-ethyl adjacent to an activating group) is 1. The largest absolute Gasteiger partial charge is 0.508 e. The number of phenols is 1. The first-order chi connectivity index (χ1) is 11.5. The molecule has 1 aromatic carbocycles. The van der Waals surface area contributed by atoms with E-state index in [0.717, 1.165) is 30.7 Å². The summed E-state index contributed by atoms with van der Waals surface area (Å²) in [5.74, 6) is 1.65. The standard InChI is InChI=1S/C21H35NO2/c1-5-16(2)14-17(3)8-6-7-9-21(24)20(22-4)15-18-10-12-19(23)13-11-18/h6,8,10-13,16-17,20-24H,5,7,9,14-15H2,1-4H3/t16-,17-,20+,21+/m0/s1. The van der Waals surface area contributed by atoms with Gasteiger partial charge in [-0.2, -0.15) is 0 Å². The zero-order chi connectivity index (χ0) is 17.9. The van der Waals surface area contributed by atoms with Gasteiger partial charge in [-0.25, -0.2) is 0 Å². The van der Waals surface area contributed by atoms with Crippen LogP contribution in [0.3, 0.4) is 0 Å². The summed E-state index contributed by atoms with van der Waals surface area (Å²) in [6, 6.07) is 7.22. The number of aromatic hydroxyl groups is 1. The third kappa shape index (κ3) is 7.98. The minimum atomic E-state index is -0.377. The maximum atomic E-state index is 10.4. The Labute approximate surface area is 147 Å². The number of benzene rings is 1. The molecule has 0 radical (unpaired) electrons. The summed E-state index contributed by atoms with van der Waals surface area (Å²) in [5.41, 5.74) is 1.11. The predicted octanol–water partition coefficient (Wildman–Crippen LogP) is 4.29. The fourth-order valence-electron chi connectivity index (χ4n) is 2.99. The second-order valence-corrected chi connectivity index (χ2v) is 7.06. The molecule has 3 nitrogen and oxygen atoms in total. The second kappa shape index (κ2) is 11.3. The third-order valence-electron chi connectivity index (χ3n) is 4.79. The first-order valence-electron chi connectivity index (χ1n) is 9.26. The lowest BCUT2D eigenvalue weighted by atomic mass is 9.94. The fraction of sp³-hybridized carbons (Fsp3) is 0.619. The second-order valence-electron chi connectivity index (χ2n) is 7.06. The number of rotatable bonds is 11. The van der Waals surface area contributed by atoms with Gasteiger partial charge in [-0.05, 0) is 62.3 Å². The number of phenolic OH excluding ortho intramolecular Hbond substituents is 1. The van der Waals surface area contributed by atoms with E-state index in [0.29, 0.717) is 5.92 Å². The fourth-order valence-corrected chi connectivity index (χ4v) is 2.99. The molecule has 0 aliphatic rings. The molecule has 24 heavy (non-hydrogen) atoms. The lowest BCUT2D eigenvalue weighted by molar-refractivity contribution is 0.122. The maximum absolute atomic E-state index is 10.4. The molecule has 0 aliphatic carbocycles. The van der Waals surface area contributed by atoms with Crippen molar-refractivity contribution < 1.29 is 10.2 Å². The van der Waals surface area contributed by atoms with Crippen molar-refractivity contribution in [3.63, 3.8) is 0 Å². The van der Waals surface area contributed by atoms with Crippen LogP contribution >= 0.6 is 0 Å². The molecule has 1 aromatic rings. The average molecular weight is 334 g/mol. The molecule has 0 amide bonds. The Balaban J connectivity index is 2.38. The van der Waals surface area contributed by atoms with Gasteiger partial charge >= 0.3 is 0 Å². The van der Waals surface area contributed by atoms with Gasteiger partial charge in [0.05, 0.1) is 6.10 Å². The molecule has 0 bridgehead atoms. The normalized spacial score (nSPS) is 16.9. The summed E-state index contributed by atoms with van der Waals surface area (Å²) in [6.07, 6.45) is 9.00. The third-order valence-corrected chi connectivity index (χ3v) is 4.79. The molecular weight excluding hydrogens is 298 g/mol. The Hall–Kier alpha value is -1.32. The van der Waals surface area contributed by atoms with Crippen LogP contribution in [0.1, 0.15) is 52.0 Å². The highest BCUT2D eigenvalue weighted by Gasteiger charge is 2.17. The molecule has 0 spiro atoms. The monoisotopic (exact) mass is 333 g/mol. The topological polar surface area (TPSA) is 52.5 Å². The van der Waals surface area contributed by atoms with Crippen molar-refractivity contribution in [1.82, 2.24) is 5.32 Å². The van der Waals surface area contributed by atoms with Crippen LogP contribution in [-0.4, -0.2) is 29.4 Å². The lowest BCUT2D eigenvalue weighted by Gasteiger charge is -2.22. The molecule has 0 saturated heterocycles. The summed E-state index contributed by atoms with van der Waals surface area (Å²) in [4.78, 5) is 0. The zero-order valence-corrected chi connectivity index (χ0v) is 15.7.